The highest BCUT2D eigenvalue weighted by Gasteiger charge is 2.53. The number of hydrogen-bond donors (Lipinski definition) is 2. The van der Waals surface area contributed by atoms with Crippen molar-refractivity contribution in [3.05, 3.63) is 0 Å². The van der Waals surface area contributed by atoms with E-state index >= 15 is 0 Å². The number of fused-ring (bicyclic) bond motifs is 3. The van der Waals surface area contributed by atoms with E-state index in [0.717, 1.165) is 44.2 Å². The summed E-state index contributed by atoms with van der Waals surface area (Å²) >= 11 is 0. The minimum absolute atomic E-state index is 0.00799. The Labute approximate surface area is 89.0 Å². The van der Waals surface area contributed by atoms with Crippen LogP contribution in [0.15, 0.2) is 5.16 Å². The lowest BCUT2D eigenvalue weighted by Crippen LogP contribution is -2.48. The van der Waals surface area contributed by atoms with Crippen molar-refractivity contribution in [1.82, 2.24) is 0 Å². The van der Waals surface area contributed by atoms with E-state index in [1.807, 2.05) is 6.92 Å². The molecule has 0 aliphatic heterocycles. The number of rotatable bonds is 2. The third-order valence-corrected chi connectivity index (χ3v) is 4.62. The number of aliphatic carboxylic acids is 1. The predicted molar refractivity (Wildman–Crippen MR) is 55.1 cm³/mol. The summed E-state index contributed by atoms with van der Waals surface area (Å²) in [6.07, 6.45) is 4.76. The zero-order chi connectivity index (χ0) is 11.1. The molecule has 3 saturated carbocycles. The summed E-state index contributed by atoms with van der Waals surface area (Å²) in [6.45, 7) is 1.85. The zero-order valence-corrected chi connectivity index (χ0v) is 8.99. The monoisotopic (exact) mass is 211 g/mol. The van der Waals surface area contributed by atoms with E-state index in [4.69, 9.17) is 5.21 Å². The van der Waals surface area contributed by atoms with Gasteiger partial charge in [-0.3, -0.25) is 4.79 Å². The highest BCUT2D eigenvalue weighted by Crippen LogP contribution is 2.57. The molecule has 2 N–H and O–H groups in total. The summed E-state index contributed by atoms with van der Waals surface area (Å²) in [5, 5.41) is 21.4. The number of carboxylic acids is 1. The molecule has 0 unspecified atom stereocenters. The van der Waals surface area contributed by atoms with Crippen molar-refractivity contribution in [1.29, 1.82) is 0 Å². The molecule has 0 aromatic heterocycles. The van der Waals surface area contributed by atoms with Crippen LogP contribution >= 0.6 is 0 Å². The van der Waals surface area contributed by atoms with Crippen molar-refractivity contribution in [2.24, 2.45) is 16.0 Å². The molecule has 0 atom stereocenters. The summed E-state index contributed by atoms with van der Waals surface area (Å²) in [5.41, 5.74) is 0.296. The first kappa shape index (κ1) is 10.5. The molecule has 0 radical (unpaired) electrons. The average molecular weight is 211 g/mol. The second kappa shape index (κ2) is 3.22. The SMILES string of the molecule is CC(=NO)C12CCC(C(=O)O)(CC1)CC2. The van der Waals surface area contributed by atoms with Gasteiger partial charge in [0.05, 0.1) is 11.1 Å². The highest BCUT2D eigenvalue weighted by atomic mass is 16.4. The Morgan fingerprint density at radius 2 is 1.47 bits per heavy atom. The number of oxime groups is 1. The first-order valence-electron chi connectivity index (χ1n) is 5.47. The normalized spacial score (nSPS) is 40.5. The van der Waals surface area contributed by atoms with Gasteiger partial charge >= 0.3 is 5.97 Å². The summed E-state index contributed by atoms with van der Waals surface area (Å²) in [7, 11) is 0. The highest BCUT2D eigenvalue weighted by molar-refractivity contribution is 5.88. The molecule has 2 bridgehead atoms. The van der Waals surface area contributed by atoms with E-state index in [1.54, 1.807) is 0 Å². The molecule has 0 heterocycles. The molecule has 3 fully saturated rings. The van der Waals surface area contributed by atoms with Gasteiger partial charge in [-0.25, -0.2) is 0 Å². The molecule has 3 rings (SSSR count). The van der Waals surface area contributed by atoms with Gasteiger partial charge in [-0.15, -0.1) is 0 Å². The summed E-state index contributed by atoms with van der Waals surface area (Å²) in [4.78, 5) is 11.2. The molecular weight excluding hydrogens is 194 g/mol. The summed E-state index contributed by atoms with van der Waals surface area (Å²) in [6, 6.07) is 0. The number of hydrogen-bond acceptors (Lipinski definition) is 3. The van der Waals surface area contributed by atoms with Crippen LogP contribution in [-0.4, -0.2) is 22.0 Å². The van der Waals surface area contributed by atoms with Crippen LogP contribution in [0.25, 0.3) is 0 Å². The molecule has 4 nitrogen and oxygen atoms in total. The summed E-state index contributed by atoms with van der Waals surface area (Å²) in [5.74, 6) is -0.644. The summed E-state index contributed by atoms with van der Waals surface area (Å²) < 4.78 is 0. The smallest absolute Gasteiger partial charge is 0.309 e. The van der Waals surface area contributed by atoms with E-state index in [-0.39, 0.29) is 5.41 Å². The minimum atomic E-state index is -0.644. The van der Waals surface area contributed by atoms with E-state index < -0.39 is 11.4 Å². The van der Waals surface area contributed by atoms with Crippen molar-refractivity contribution >= 4 is 11.7 Å². The van der Waals surface area contributed by atoms with Gasteiger partial charge in [0.1, 0.15) is 0 Å². The van der Waals surface area contributed by atoms with Crippen LogP contribution in [0.3, 0.4) is 0 Å². The molecular formula is C11H17NO3. The number of carbonyl (C=O) groups is 1. The first-order valence-corrected chi connectivity index (χ1v) is 5.47. The molecule has 0 aromatic rings. The van der Waals surface area contributed by atoms with Gasteiger partial charge in [0, 0.05) is 5.41 Å². The predicted octanol–water partition coefficient (Wildman–Crippen LogP) is 2.26. The fourth-order valence-electron chi connectivity index (χ4n) is 3.16. The minimum Gasteiger partial charge on any atom is -0.481 e. The molecule has 0 spiro atoms. The molecule has 4 heteroatoms. The fraction of sp³-hybridized carbons (Fsp3) is 0.818. The molecule has 15 heavy (non-hydrogen) atoms. The van der Waals surface area contributed by atoms with Crippen LogP contribution in [-0.2, 0) is 4.79 Å². The topological polar surface area (TPSA) is 69.9 Å². The quantitative estimate of drug-likeness (QED) is 0.418. The number of carboxylic acid groups (broad SMARTS) is 1. The Morgan fingerprint density at radius 3 is 1.80 bits per heavy atom. The second-order valence-electron chi connectivity index (χ2n) is 5.05. The van der Waals surface area contributed by atoms with Crippen molar-refractivity contribution in [3.8, 4) is 0 Å². The maximum Gasteiger partial charge on any atom is 0.309 e. The van der Waals surface area contributed by atoms with Crippen LogP contribution in [0, 0.1) is 10.8 Å². The van der Waals surface area contributed by atoms with Gasteiger partial charge in [0.15, 0.2) is 0 Å². The van der Waals surface area contributed by atoms with Gasteiger partial charge in [-0.2, -0.15) is 0 Å². The van der Waals surface area contributed by atoms with E-state index in [1.165, 1.54) is 0 Å². The van der Waals surface area contributed by atoms with Crippen molar-refractivity contribution in [2.45, 2.75) is 45.4 Å². The van der Waals surface area contributed by atoms with E-state index in [9.17, 15) is 9.90 Å². The Hall–Kier alpha value is -1.06. The third kappa shape index (κ3) is 1.34. The second-order valence-corrected chi connectivity index (χ2v) is 5.05. The molecule has 0 saturated heterocycles. The number of nitrogens with zero attached hydrogens (tertiary/aromatic N) is 1. The van der Waals surface area contributed by atoms with Crippen LogP contribution in [0.4, 0.5) is 0 Å². The Morgan fingerprint density at radius 1 is 1.07 bits per heavy atom. The molecule has 3 aliphatic rings. The van der Waals surface area contributed by atoms with Crippen molar-refractivity contribution < 1.29 is 15.1 Å². The van der Waals surface area contributed by atoms with Gasteiger partial charge in [-0.1, -0.05) is 5.16 Å². The van der Waals surface area contributed by atoms with Gasteiger partial charge in [-0.05, 0) is 45.4 Å². The van der Waals surface area contributed by atoms with Crippen LogP contribution in [0.5, 0.6) is 0 Å². The molecule has 0 amide bonds. The standard InChI is InChI=1S/C11H17NO3/c1-8(12-15)10-2-5-11(6-3-10,7-4-10)9(13)14/h15H,2-7H2,1H3,(H,13,14). The molecule has 3 aliphatic carbocycles. The Kier molecular flexibility index (Phi) is 2.24. The largest absolute Gasteiger partial charge is 0.481 e. The van der Waals surface area contributed by atoms with Crippen molar-refractivity contribution in [3.63, 3.8) is 0 Å². The first-order chi connectivity index (χ1) is 7.05. The van der Waals surface area contributed by atoms with Crippen LogP contribution in [0.1, 0.15) is 45.4 Å². The Bertz CT molecular complexity index is 297. The maximum atomic E-state index is 11.2. The van der Waals surface area contributed by atoms with Gasteiger partial charge in [0.2, 0.25) is 0 Å². The Balaban J connectivity index is 2.21. The van der Waals surface area contributed by atoms with E-state index in [0.29, 0.717) is 0 Å². The lowest BCUT2D eigenvalue weighted by atomic mass is 9.52. The van der Waals surface area contributed by atoms with Crippen LogP contribution in [0.2, 0.25) is 0 Å². The average Bonchev–Trinajstić information content (AvgIpc) is 2.30. The third-order valence-electron chi connectivity index (χ3n) is 4.62. The lowest BCUT2D eigenvalue weighted by molar-refractivity contribution is -0.156. The van der Waals surface area contributed by atoms with Gasteiger partial charge in [0.25, 0.3) is 0 Å². The fourth-order valence-corrected chi connectivity index (χ4v) is 3.16. The molecule has 84 valence electrons. The maximum absolute atomic E-state index is 11.2. The lowest BCUT2D eigenvalue weighted by Gasteiger charge is -2.51. The zero-order valence-electron chi connectivity index (χ0n) is 8.99. The van der Waals surface area contributed by atoms with Crippen molar-refractivity contribution in [2.75, 3.05) is 0 Å². The molecule has 0 aromatic carbocycles. The van der Waals surface area contributed by atoms with E-state index in [2.05, 4.69) is 5.16 Å². The van der Waals surface area contributed by atoms with Gasteiger partial charge < -0.3 is 10.3 Å². The van der Waals surface area contributed by atoms with Crippen LogP contribution < -0.4 is 0 Å².